The number of aromatic amines is 1. The van der Waals surface area contributed by atoms with Crippen molar-refractivity contribution in [1.29, 1.82) is 0 Å². The Bertz CT molecular complexity index is 654. The van der Waals surface area contributed by atoms with Crippen LogP contribution in [0.2, 0.25) is 0 Å². The zero-order valence-corrected chi connectivity index (χ0v) is 13.6. The normalized spacial score (nSPS) is 23.3. The highest BCUT2D eigenvalue weighted by Crippen LogP contribution is 2.31. The van der Waals surface area contributed by atoms with Gasteiger partial charge in [0, 0.05) is 42.2 Å². The van der Waals surface area contributed by atoms with Crippen molar-refractivity contribution in [1.82, 2.24) is 14.9 Å². The van der Waals surface area contributed by atoms with E-state index in [0.29, 0.717) is 11.8 Å². The van der Waals surface area contributed by atoms with Gasteiger partial charge >= 0.3 is 0 Å². The first kappa shape index (κ1) is 14.7. The van der Waals surface area contributed by atoms with Crippen LogP contribution in [-0.2, 0) is 4.79 Å². The molecule has 4 rings (SSSR count). The summed E-state index contributed by atoms with van der Waals surface area (Å²) in [7, 11) is 0. The summed E-state index contributed by atoms with van der Waals surface area (Å²) in [5.41, 5.74) is 2.19. The van der Waals surface area contributed by atoms with Gasteiger partial charge in [-0.2, -0.15) is 0 Å². The SMILES string of the molecule is O=C(C1CCCCC1)N1CCCC(c2cc3cccnc3[nH]2)C1. The van der Waals surface area contributed by atoms with Crippen LogP contribution in [0.1, 0.15) is 56.6 Å². The summed E-state index contributed by atoms with van der Waals surface area (Å²) in [6.07, 6.45) is 10.0. The number of nitrogens with zero attached hydrogens (tertiary/aromatic N) is 2. The molecule has 2 aromatic rings. The molecule has 1 saturated heterocycles. The van der Waals surface area contributed by atoms with Gasteiger partial charge in [-0.1, -0.05) is 19.3 Å². The lowest BCUT2D eigenvalue weighted by Gasteiger charge is -2.35. The van der Waals surface area contributed by atoms with Crippen LogP contribution >= 0.6 is 0 Å². The summed E-state index contributed by atoms with van der Waals surface area (Å²) >= 11 is 0. The van der Waals surface area contributed by atoms with Gasteiger partial charge in [0.15, 0.2) is 0 Å². The van der Waals surface area contributed by atoms with E-state index in [-0.39, 0.29) is 5.92 Å². The summed E-state index contributed by atoms with van der Waals surface area (Å²) in [6, 6.07) is 6.28. The first-order valence-electron chi connectivity index (χ1n) is 9.04. The van der Waals surface area contributed by atoms with E-state index in [4.69, 9.17) is 0 Å². The summed E-state index contributed by atoms with van der Waals surface area (Å²) in [5, 5.41) is 1.17. The summed E-state index contributed by atoms with van der Waals surface area (Å²) in [4.78, 5) is 22.8. The van der Waals surface area contributed by atoms with E-state index in [9.17, 15) is 4.79 Å². The fraction of sp³-hybridized carbons (Fsp3) is 0.579. The Morgan fingerprint density at radius 3 is 2.87 bits per heavy atom. The number of nitrogens with one attached hydrogen (secondary N) is 1. The molecular formula is C19H25N3O. The number of aromatic nitrogens is 2. The molecule has 1 aliphatic carbocycles. The van der Waals surface area contributed by atoms with Crippen molar-refractivity contribution in [3.8, 4) is 0 Å². The van der Waals surface area contributed by atoms with Crippen LogP contribution in [0.4, 0.5) is 0 Å². The molecule has 1 amide bonds. The third-order valence-electron chi connectivity index (χ3n) is 5.54. The molecule has 3 heterocycles. The van der Waals surface area contributed by atoms with Crippen molar-refractivity contribution in [2.45, 2.75) is 50.9 Å². The minimum Gasteiger partial charge on any atom is -0.343 e. The molecule has 122 valence electrons. The van der Waals surface area contributed by atoms with E-state index in [0.717, 1.165) is 44.4 Å². The van der Waals surface area contributed by atoms with E-state index in [1.54, 1.807) is 0 Å². The van der Waals surface area contributed by atoms with Gasteiger partial charge in [0.25, 0.3) is 0 Å². The number of piperidine rings is 1. The number of amides is 1. The Balaban J connectivity index is 1.48. The zero-order chi connectivity index (χ0) is 15.6. The number of carbonyl (C=O) groups excluding carboxylic acids is 1. The Morgan fingerprint density at radius 2 is 2.04 bits per heavy atom. The van der Waals surface area contributed by atoms with E-state index in [1.807, 2.05) is 12.3 Å². The molecule has 0 spiro atoms. The average Bonchev–Trinajstić information content (AvgIpc) is 3.06. The number of fused-ring (bicyclic) bond motifs is 1. The summed E-state index contributed by atoms with van der Waals surface area (Å²) in [5.74, 6) is 1.11. The standard InChI is InChI=1S/C19H25N3O/c23-19(14-6-2-1-3-7-14)22-11-5-9-16(13-22)17-12-15-8-4-10-20-18(15)21-17/h4,8,10,12,14,16H,1-3,5-7,9,11,13H2,(H,20,21). The summed E-state index contributed by atoms with van der Waals surface area (Å²) < 4.78 is 0. The van der Waals surface area contributed by atoms with Crippen LogP contribution in [0, 0.1) is 5.92 Å². The molecule has 1 N–H and O–H groups in total. The van der Waals surface area contributed by atoms with Gasteiger partial charge in [-0.05, 0) is 43.9 Å². The maximum absolute atomic E-state index is 12.8. The second kappa shape index (κ2) is 6.34. The number of hydrogen-bond acceptors (Lipinski definition) is 2. The van der Waals surface area contributed by atoms with Gasteiger partial charge in [-0.3, -0.25) is 4.79 Å². The lowest BCUT2D eigenvalue weighted by atomic mass is 9.87. The first-order chi connectivity index (χ1) is 11.3. The molecule has 4 nitrogen and oxygen atoms in total. The van der Waals surface area contributed by atoms with E-state index >= 15 is 0 Å². The third kappa shape index (κ3) is 2.99. The molecule has 2 fully saturated rings. The maximum atomic E-state index is 12.8. The fourth-order valence-electron chi connectivity index (χ4n) is 4.24. The highest BCUT2D eigenvalue weighted by atomic mass is 16.2. The topological polar surface area (TPSA) is 49.0 Å². The molecule has 0 aromatic carbocycles. The fourth-order valence-corrected chi connectivity index (χ4v) is 4.24. The number of likely N-dealkylation sites (tertiary alicyclic amines) is 1. The predicted molar refractivity (Wildman–Crippen MR) is 91.2 cm³/mol. The quantitative estimate of drug-likeness (QED) is 0.916. The molecule has 1 unspecified atom stereocenters. The van der Waals surface area contributed by atoms with Crippen molar-refractivity contribution in [2.24, 2.45) is 5.92 Å². The van der Waals surface area contributed by atoms with Crippen LogP contribution < -0.4 is 0 Å². The van der Waals surface area contributed by atoms with Crippen LogP contribution in [0.25, 0.3) is 11.0 Å². The molecular weight excluding hydrogens is 286 g/mol. The minimum absolute atomic E-state index is 0.284. The Labute approximate surface area is 137 Å². The van der Waals surface area contributed by atoms with Crippen molar-refractivity contribution in [2.75, 3.05) is 13.1 Å². The molecule has 2 aromatic heterocycles. The Morgan fingerprint density at radius 1 is 1.17 bits per heavy atom. The average molecular weight is 311 g/mol. The second-order valence-electron chi connectivity index (χ2n) is 7.12. The summed E-state index contributed by atoms with van der Waals surface area (Å²) in [6.45, 7) is 1.80. The van der Waals surface area contributed by atoms with Crippen LogP contribution in [0.15, 0.2) is 24.4 Å². The van der Waals surface area contributed by atoms with E-state index in [1.165, 1.54) is 30.3 Å². The van der Waals surface area contributed by atoms with Crippen LogP contribution in [0.5, 0.6) is 0 Å². The van der Waals surface area contributed by atoms with Crippen molar-refractivity contribution in [3.63, 3.8) is 0 Å². The predicted octanol–water partition coefficient (Wildman–Crippen LogP) is 3.85. The molecule has 4 heteroatoms. The number of carbonyl (C=O) groups is 1. The Kier molecular flexibility index (Phi) is 4.06. The number of pyridine rings is 1. The van der Waals surface area contributed by atoms with Gasteiger partial charge in [0.05, 0.1) is 0 Å². The Hall–Kier alpha value is -1.84. The molecule has 1 aliphatic heterocycles. The number of rotatable bonds is 2. The van der Waals surface area contributed by atoms with Gasteiger partial charge in [0.1, 0.15) is 5.65 Å². The van der Waals surface area contributed by atoms with E-state index < -0.39 is 0 Å². The number of hydrogen-bond donors (Lipinski definition) is 1. The van der Waals surface area contributed by atoms with Gasteiger partial charge in [-0.25, -0.2) is 4.98 Å². The van der Waals surface area contributed by atoms with Gasteiger partial charge in [-0.15, -0.1) is 0 Å². The van der Waals surface area contributed by atoms with Gasteiger partial charge < -0.3 is 9.88 Å². The minimum atomic E-state index is 0.284. The first-order valence-corrected chi connectivity index (χ1v) is 9.04. The lowest BCUT2D eigenvalue weighted by Crippen LogP contribution is -2.42. The van der Waals surface area contributed by atoms with Crippen LogP contribution in [0.3, 0.4) is 0 Å². The highest BCUT2D eigenvalue weighted by molar-refractivity contribution is 5.79. The van der Waals surface area contributed by atoms with Crippen LogP contribution in [-0.4, -0.2) is 33.9 Å². The van der Waals surface area contributed by atoms with Crippen molar-refractivity contribution in [3.05, 3.63) is 30.1 Å². The lowest BCUT2D eigenvalue weighted by molar-refractivity contribution is -0.137. The molecule has 2 aliphatic rings. The third-order valence-corrected chi connectivity index (χ3v) is 5.54. The molecule has 23 heavy (non-hydrogen) atoms. The van der Waals surface area contributed by atoms with Gasteiger partial charge in [0.2, 0.25) is 5.91 Å². The smallest absolute Gasteiger partial charge is 0.225 e. The largest absolute Gasteiger partial charge is 0.343 e. The second-order valence-corrected chi connectivity index (χ2v) is 7.12. The van der Waals surface area contributed by atoms with E-state index in [2.05, 4.69) is 27.0 Å². The van der Waals surface area contributed by atoms with Crippen molar-refractivity contribution < 1.29 is 4.79 Å². The molecule has 1 atom stereocenters. The molecule has 0 bridgehead atoms. The molecule has 1 saturated carbocycles. The monoisotopic (exact) mass is 311 g/mol. The van der Waals surface area contributed by atoms with Crippen molar-refractivity contribution >= 4 is 16.9 Å². The zero-order valence-electron chi connectivity index (χ0n) is 13.6. The number of H-pyrrole nitrogens is 1. The maximum Gasteiger partial charge on any atom is 0.225 e. The molecule has 0 radical (unpaired) electrons. The highest BCUT2D eigenvalue weighted by Gasteiger charge is 2.30.